The second-order valence-electron chi connectivity index (χ2n) is 7.75. The summed E-state index contributed by atoms with van der Waals surface area (Å²) >= 11 is 0. The van der Waals surface area contributed by atoms with Crippen molar-refractivity contribution in [2.24, 2.45) is 0 Å². The van der Waals surface area contributed by atoms with Gasteiger partial charge in [-0.3, -0.25) is 4.57 Å². The number of nitrogens with two attached hydrogens (primary N) is 1. The van der Waals surface area contributed by atoms with E-state index in [9.17, 15) is 18.3 Å². The second-order valence-corrected chi connectivity index (χ2v) is 7.75. The monoisotopic (exact) mass is 470 g/mol. The number of benzene rings is 1. The smallest absolute Gasteiger partial charge is 0.394 e. The minimum absolute atomic E-state index is 0.0811. The first-order chi connectivity index (χ1) is 15.6. The number of aliphatic hydroxyl groups excluding tert-OH is 1. The Kier molecular flexibility index (Phi) is 5.88. The van der Waals surface area contributed by atoms with Crippen LogP contribution in [0.3, 0.4) is 0 Å². The van der Waals surface area contributed by atoms with Crippen LogP contribution >= 0.6 is 0 Å². The summed E-state index contributed by atoms with van der Waals surface area (Å²) in [5.74, 6) is 0.243. The molecule has 0 bridgehead atoms. The van der Waals surface area contributed by atoms with Crippen molar-refractivity contribution in [2.75, 3.05) is 24.7 Å². The molecule has 1 fully saturated rings. The largest absolute Gasteiger partial charge is 0.416 e. The second kappa shape index (κ2) is 8.39. The van der Waals surface area contributed by atoms with Gasteiger partial charge in [0, 0.05) is 7.05 Å². The molecule has 0 spiro atoms. The van der Waals surface area contributed by atoms with Gasteiger partial charge in [-0.05, 0) is 18.6 Å². The minimum Gasteiger partial charge on any atom is -0.394 e. The number of nitrogen functional groups attached to an aromatic ring is 1. The Hall–Kier alpha value is -3.03. The lowest BCUT2D eigenvalue weighted by Crippen LogP contribution is -2.42. The molecule has 9 nitrogen and oxygen atoms in total. The van der Waals surface area contributed by atoms with Crippen molar-refractivity contribution in [3.8, 4) is 0 Å². The van der Waals surface area contributed by atoms with Crippen LogP contribution in [0.1, 0.15) is 24.3 Å². The fourth-order valence-electron chi connectivity index (χ4n) is 4.00. The molecule has 13 heteroatoms. The van der Waals surface area contributed by atoms with Gasteiger partial charge in [-0.15, -0.1) is 0 Å². The first kappa shape index (κ1) is 23.1. The van der Waals surface area contributed by atoms with Crippen LogP contribution in [0.15, 0.2) is 30.6 Å². The molecule has 0 radical (unpaired) electrons. The molecule has 178 valence electrons. The van der Waals surface area contributed by atoms with Crippen LogP contribution in [0, 0.1) is 0 Å². The number of hydrogen-bond acceptors (Lipinski definition) is 8. The van der Waals surface area contributed by atoms with Crippen LogP contribution in [0.5, 0.6) is 0 Å². The maximum Gasteiger partial charge on any atom is 0.416 e. The number of fused-ring (bicyclic) bond motifs is 1. The highest BCUT2D eigenvalue weighted by Crippen LogP contribution is 2.44. The topological polar surface area (TPSA) is 120 Å². The Morgan fingerprint density at radius 1 is 1.30 bits per heavy atom. The number of aromatic nitrogens is 4. The Morgan fingerprint density at radius 2 is 2.03 bits per heavy atom. The van der Waals surface area contributed by atoms with Crippen molar-refractivity contribution in [1.82, 2.24) is 19.5 Å². The predicted molar refractivity (Wildman–Crippen MR) is 110 cm³/mol. The number of ether oxygens (including phenoxy) is 2. The summed E-state index contributed by atoms with van der Waals surface area (Å²) in [6, 6.07) is 4.86. The van der Waals surface area contributed by atoms with E-state index in [1.165, 1.54) is 36.0 Å². The van der Waals surface area contributed by atoms with Gasteiger partial charge in [0.2, 0.25) is 5.95 Å². The van der Waals surface area contributed by atoms with Crippen molar-refractivity contribution in [2.45, 2.75) is 43.8 Å². The summed E-state index contributed by atoms with van der Waals surface area (Å²) in [7, 11) is 1.61. The molecule has 0 saturated carbocycles. The first-order valence-corrected chi connectivity index (χ1v) is 9.97. The Morgan fingerprint density at radius 3 is 2.70 bits per heavy atom. The lowest BCUT2D eigenvalue weighted by atomic mass is 9.98. The number of alkyl halides is 4. The van der Waals surface area contributed by atoms with Crippen molar-refractivity contribution in [3.63, 3.8) is 0 Å². The highest BCUT2D eigenvalue weighted by atomic mass is 19.4. The number of aliphatic hydroxyl groups is 1. The molecule has 33 heavy (non-hydrogen) atoms. The molecule has 3 aromatic rings. The van der Waals surface area contributed by atoms with Gasteiger partial charge in [0.05, 0.1) is 25.1 Å². The maximum absolute atomic E-state index is 16.1. The molecule has 1 aliphatic heterocycles. The molecule has 2 aromatic heterocycles. The standard InChI is InChI=1S/C20H22F4N6O3/c1-19(21)14(32-8-10-5-3-4-6-11(10)20(22,23)24)12(7-31)33-17(19)30-9-27-13-15(26-2)28-18(25)29-16(13)30/h3-6,9,12,14,17,31H,7-8H2,1-2H3,(H3,25,26,28,29)/t12-,14-,17-,19-/m1/s1. The van der Waals surface area contributed by atoms with Crippen LogP contribution in [0.4, 0.5) is 29.3 Å². The van der Waals surface area contributed by atoms with Gasteiger partial charge in [-0.25, -0.2) is 9.37 Å². The molecule has 4 atom stereocenters. The molecule has 3 heterocycles. The average molecular weight is 470 g/mol. The van der Waals surface area contributed by atoms with Crippen LogP contribution in [-0.2, 0) is 22.3 Å². The zero-order valence-corrected chi connectivity index (χ0v) is 17.7. The van der Waals surface area contributed by atoms with Gasteiger partial charge in [-0.2, -0.15) is 23.1 Å². The summed E-state index contributed by atoms with van der Waals surface area (Å²) in [6.07, 6.45) is -7.18. The van der Waals surface area contributed by atoms with E-state index in [-0.39, 0.29) is 17.2 Å². The molecule has 1 saturated heterocycles. The van der Waals surface area contributed by atoms with E-state index in [0.717, 1.165) is 6.07 Å². The Labute approximate surface area is 185 Å². The van der Waals surface area contributed by atoms with Crippen molar-refractivity contribution in [1.29, 1.82) is 0 Å². The van der Waals surface area contributed by atoms with E-state index in [0.29, 0.717) is 11.3 Å². The highest BCUT2D eigenvalue weighted by molar-refractivity contribution is 5.84. The van der Waals surface area contributed by atoms with Gasteiger partial charge >= 0.3 is 6.18 Å². The highest BCUT2D eigenvalue weighted by Gasteiger charge is 2.56. The molecule has 1 aromatic carbocycles. The van der Waals surface area contributed by atoms with Gasteiger partial charge in [0.25, 0.3) is 0 Å². The Bertz CT molecular complexity index is 1150. The zero-order valence-electron chi connectivity index (χ0n) is 17.7. The third-order valence-corrected chi connectivity index (χ3v) is 5.53. The molecule has 0 aliphatic carbocycles. The van der Waals surface area contributed by atoms with E-state index in [1.54, 1.807) is 7.05 Å². The minimum atomic E-state index is -4.59. The third kappa shape index (κ3) is 4.07. The van der Waals surface area contributed by atoms with Gasteiger partial charge in [0.15, 0.2) is 28.9 Å². The Balaban J connectivity index is 1.65. The zero-order chi connectivity index (χ0) is 24.0. The van der Waals surface area contributed by atoms with Gasteiger partial charge < -0.3 is 25.6 Å². The van der Waals surface area contributed by atoms with Gasteiger partial charge in [-0.1, -0.05) is 18.2 Å². The summed E-state index contributed by atoms with van der Waals surface area (Å²) < 4.78 is 68.6. The van der Waals surface area contributed by atoms with E-state index in [1.807, 2.05) is 0 Å². The van der Waals surface area contributed by atoms with Crippen molar-refractivity contribution < 1.29 is 32.1 Å². The molecule has 4 rings (SSSR count). The molecule has 0 unspecified atom stereocenters. The van der Waals surface area contributed by atoms with Gasteiger partial charge in [0.1, 0.15) is 12.2 Å². The van der Waals surface area contributed by atoms with Crippen molar-refractivity contribution >= 4 is 22.9 Å². The van der Waals surface area contributed by atoms with Crippen molar-refractivity contribution in [3.05, 3.63) is 41.7 Å². The number of rotatable bonds is 6. The van der Waals surface area contributed by atoms with Crippen LogP contribution in [-0.4, -0.2) is 56.2 Å². The molecule has 0 amide bonds. The fraction of sp³-hybridized carbons (Fsp3) is 0.450. The quantitative estimate of drug-likeness (QED) is 0.471. The third-order valence-electron chi connectivity index (χ3n) is 5.53. The van der Waals surface area contributed by atoms with E-state index >= 15 is 4.39 Å². The average Bonchev–Trinajstić information content (AvgIpc) is 3.28. The van der Waals surface area contributed by atoms with Crippen LogP contribution in [0.25, 0.3) is 11.2 Å². The summed E-state index contributed by atoms with van der Waals surface area (Å²) in [4.78, 5) is 12.3. The fourth-order valence-corrected chi connectivity index (χ4v) is 4.00. The van der Waals surface area contributed by atoms with E-state index < -0.39 is 49.1 Å². The number of hydrogen-bond donors (Lipinski definition) is 3. The molecule has 4 N–H and O–H groups in total. The molecule has 1 aliphatic rings. The normalized spacial score (nSPS) is 25.6. The van der Waals surface area contributed by atoms with Crippen LogP contribution < -0.4 is 11.1 Å². The van der Waals surface area contributed by atoms with E-state index in [4.69, 9.17) is 15.2 Å². The molecular weight excluding hydrogens is 448 g/mol. The number of imidazole rings is 1. The van der Waals surface area contributed by atoms with E-state index in [2.05, 4.69) is 20.3 Å². The number of nitrogens with one attached hydrogen (secondary N) is 1. The predicted octanol–water partition coefficient (Wildman–Crippen LogP) is 2.67. The number of anilines is 2. The lowest BCUT2D eigenvalue weighted by Gasteiger charge is -2.28. The number of halogens is 4. The summed E-state index contributed by atoms with van der Waals surface area (Å²) in [6.45, 7) is 0.0340. The molecular formula is C20H22F4N6O3. The van der Waals surface area contributed by atoms with Crippen LogP contribution in [0.2, 0.25) is 0 Å². The lowest BCUT2D eigenvalue weighted by molar-refractivity contribution is -0.139. The summed E-state index contributed by atoms with van der Waals surface area (Å²) in [5.41, 5.74) is 2.93. The number of nitrogens with zero attached hydrogens (tertiary/aromatic N) is 4. The summed E-state index contributed by atoms with van der Waals surface area (Å²) in [5, 5.41) is 12.6. The first-order valence-electron chi connectivity index (χ1n) is 9.97. The maximum atomic E-state index is 16.1. The SMILES string of the molecule is CNc1nc(N)nc2c1ncn2[C@@H]1O[C@H](CO)[C@@H](OCc2ccccc2C(F)(F)F)[C@@]1(C)F.